The third-order valence-electron chi connectivity index (χ3n) is 2.49. The molecule has 0 aliphatic rings. The number of H-pyrrole nitrogens is 1. The Kier molecular flexibility index (Phi) is 3.00. The Morgan fingerprint density at radius 2 is 2.06 bits per heavy atom. The van der Waals surface area contributed by atoms with Crippen molar-refractivity contribution in [3.8, 4) is 5.69 Å². The third-order valence-corrected chi connectivity index (χ3v) is 2.76. The van der Waals surface area contributed by atoms with Crippen LogP contribution in [0.2, 0.25) is 0 Å². The molecule has 1 aromatic heterocycles. The van der Waals surface area contributed by atoms with E-state index in [1.807, 2.05) is 24.3 Å². The molecule has 0 radical (unpaired) electrons. The van der Waals surface area contributed by atoms with E-state index in [4.69, 9.17) is 12.2 Å². The normalized spacial score (nSPS) is 10.4. The van der Waals surface area contributed by atoms with Crippen LogP contribution in [0.25, 0.3) is 5.69 Å². The predicted octanol–water partition coefficient (Wildman–Crippen LogP) is 1.78. The molecule has 0 aliphatic carbocycles. The van der Waals surface area contributed by atoms with Crippen molar-refractivity contribution in [3.63, 3.8) is 0 Å². The van der Waals surface area contributed by atoms with Crippen molar-refractivity contribution in [1.82, 2.24) is 20.2 Å². The van der Waals surface area contributed by atoms with E-state index in [0.29, 0.717) is 4.77 Å². The molecule has 1 heterocycles. The van der Waals surface area contributed by atoms with Crippen molar-refractivity contribution < 1.29 is 0 Å². The first-order valence-corrected chi connectivity index (χ1v) is 5.45. The van der Waals surface area contributed by atoms with E-state index in [2.05, 4.69) is 34.4 Å². The van der Waals surface area contributed by atoms with E-state index < -0.39 is 0 Å². The maximum Gasteiger partial charge on any atom is 0.242 e. The number of nitrogens with zero attached hydrogens (tertiary/aromatic N) is 4. The molecular weight excluding hydrogens is 222 g/mol. The molecule has 0 atom stereocenters. The number of rotatable bonds is 3. The number of benzene rings is 1. The average Bonchev–Trinajstić information content (AvgIpc) is 2.75. The topological polar surface area (TPSA) is 49.7 Å². The standard InChI is InChI=1S/C10H13N5S/c1-3-14(2)8-4-6-9(7-5-8)15-10(16)11-12-13-15/h4-7H,3H2,1-2H3,(H,11,13,16). The number of nitrogens with one attached hydrogen (secondary N) is 1. The molecule has 0 unspecified atom stereocenters. The van der Waals surface area contributed by atoms with Crippen molar-refractivity contribution >= 4 is 17.9 Å². The Morgan fingerprint density at radius 1 is 1.38 bits per heavy atom. The molecule has 1 aromatic carbocycles. The smallest absolute Gasteiger partial charge is 0.242 e. The van der Waals surface area contributed by atoms with Crippen LogP contribution in [-0.4, -0.2) is 33.8 Å². The molecule has 0 fully saturated rings. The van der Waals surface area contributed by atoms with Gasteiger partial charge in [-0.15, -0.1) is 0 Å². The van der Waals surface area contributed by atoms with E-state index in [1.165, 1.54) is 5.69 Å². The zero-order chi connectivity index (χ0) is 11.5. The maximum absolute atomic E-state index is 5.02. The van der Waals surface area contributed by atoms with Gasteiger partial charge in [-0.2, -0.15) is 5.21 Å². The molecule has 1 N–H and O–H groups in total. The molecule has 0 aliphatic heterocycles. The van der Waals surface area contributed by atoms with E-state index in [9.17, 15) is 0 Å². The first-order valence-electron chi connectivity index (χ1n) is 5.04. The molecule has 0 saturated carbocycles. The Bertz CT molecular complexity index is 513. The minimum Gasteiger partial charge on any atom is -0.375 e. The van der Waals surface area contributed by atoms with Gasteiger partial charge >= 0.3 is 0 Å². The number of hydrogen-bond acceptors (Lipinski definition) is 4. The molecule has 2 rings (SSSR count). The fourth-order valence-corrected chi connectivity index (χ4v) is 1.59. The van der Waals surface area contributed by atoms with Crippen molar-refractivity contribution in [2.45, 2.75) is 6.92 Å². The molecule has 16 heavy (non-hydrogen) atoms. The molecule has 0 saturated heterocycles. The minimum absolute atomic E-state index is 0.427. The first kappa shape index (κ1) is 10.8. The quantitative estimate of drug-likeness (QED) is 0.824. The average molecular weight is 235 g/mol. The lowest BCUT2D eigenvalue weighted by Crippen LogP contribution is -2.15. The van der Waals surface area contributed by atoms with Crippen LogP contribution in [0.1, 0.15) is 6.92 Å². The van der Waals surface area contributed by atoms with Gasteiger partial charge in [0.15, 0.2) is 0 Å². The van der Waals surface area contributed by atoms with Gasteiger partial charge in [-0.1, -0.05) is 10.3 Å². The second-order valence-electron chi connectivity index (χ2n) is 3.45. The fraction of sp³-hybridized carbons (Fsp3) is 0.300. The summed E-state index contributed by atoms with van der Waals surface area (Å²) in [5.41, 5.74) is 2.11. The largest absolute Gasteiger partial charge is 0.375 e. The minimum atomic E-state index is 0.427. The van der Waals surface area contributed by atoms with E-state index in [-0.39, 0.29) is 0 Å². The lowest BCUT2D eigenvalue weighted by Gasteiger charge is -2.16. The summed E-state index contributed by atoms with van der Waals surface area (Å²) in [6.45, 7) is 3.09. The molecule has 2 aromatic rings. The Hall–Kier alpha value is -1.69. The van der Waals surface area contributed by atoms with Gasteiger partial charge in [0, 0.05) is 19.3 Å². The zero-order valence-electron chi connectivity index (χ0n) is 9.21. The monoisotopic (exact) mass is 235 g/mol. The predicted molar refractivity (Wildman–Crippen MR) is 65.5 cm³/mol. The van der Waals surface area contributed by atoms with Crippen LogP contribution in [0.15, 0.2) is 24.3 Å². The van der Waals surface area contributed by atoms with Gasteiger partial charge in [0.1, 0.15) is 0 Å². The van der Waals surface area contributed by atoms with Crippen LogP contribution in [0.4, 0.5) is 5.69 Å². The second kappa shape index (κ2) is 4.44. The van der Waals surface area contributed by atoms with E-state index in [1.54, 1.807) is 4.68 Å². The highest BCUT2D eigenvalue weighted by Crippen LogP contribution is 2.15. The van der Waals surface area contributed by atoms with Gasteiger partial charge in [-0.3, -0.25) is 0 Å². The summed E-state index contributed by atoms with van der Waals surface area (Å²) in [4.78, 5) is 2.16. The Balaban J connectivity index is 2.33. The summed E-state index contributed by atoms with van der Waals surface area (Å²) in [6.07, 6.45) is 0. The zero-order valence-corrected chi connectivity index (χ0v) is 10.0. The van der Waals surface area contributed by atoms with Crippen LogP contribution >= 0.6 is 12.2 Å². The van der Waals surface area contributed by atoms with E-state index in [0.717, 1.165) is 12.2 Å². The summed E-state index contributed by atoms with van der Waals surface area (Å²) in [7, 11) is 2.05. The summed E-state index contributed by atoms with van der Waals surface area (Å²) in [5.74, 6) is 0. The van der Waals surface area contributed by atoms with Crippen molar-refractivity contribution in [2.75, 3.05) is 18.5 Å². The van der Waals surface area contributed by atoms with Crippen molar-refractivity contribution in [2.24, 2.45) is 0 Å². The third kappa shape index (κ3) is 1.96. The molecule has 5 nitrogen and oxygen atoms in total. The number of aromatic amines is 1. The Morgan fingerprint density at radius 3 is 2.56 bits per heavy atom. The summed E-state index contributed by atoms with van der Waals surface area (Å²) in [5, 5.41) is 10.1. The lowest BCUT2D eigenvalue weighted by molar-refractivity contribution is 0.786. The highest BCUT2D eigenvalue weighted by Gasteiger charge is 2.01. The van der Waals surface area contributed by atoms with Gasteiger partial charge in [-0.25, -0.2) is 4.68 Å². The van der Waals surface area contributed by atoms with Gasteiger partial charge in [0.2, 0.25) is 4.77 Å². The number of hydrogen-bond donors (Lipinski definition) is 1. The van der Waals surface area contributed by atoms with Crippen LogP contribution < -0.4 is 4.90 Å². The van der Waals surface area contributed by atoms with Crippen molar-refractivity contribution in [1.29, 1.82) is 0 Å². The SMILES string of the molecule is CCN(C)c1ccc(-n2[nH]nnc2=S)cc1. The van der Waals surface area contributed by atoms with Crippen LogP contribution in [-0.2, 0) is 0 Å². The summed E-state index contributed by atoms with van der Waals surface area (Å²) in [6, 6.07) is 8.05. The van der Waals surface area contributed by atoms with Crippen molar-refractivity contribution in [3.05, 3.63) is 29.0 Å². The van der Waals surface area contributed by atoms with Gasteiger partial charge in [0.25, 0.3) is 0 Å². The van der Waals surface area contributed by atoms with Gasteiger partial charge < -0.3 is 4.90 Å². The molecule has 0 spiro atoms. The lowest BCUT2D eigenvalue weighted by atomic mass is 10.2. The van der Waals surface area contributed by atoms with Crippen LogP contribution in [0.5, 0.6) is 0 Å². The molecule has 84 valence electrons. The molecule has 0 bridgehead atoms. The number of anilines is 1. The molecular formula is C10H13N5S. The van der Waals surface area contributed by atoms with Gasteiger partial charge in [-0.05, 0) is 43.4 Å². The van der Waals surface area contributed by atoms with E-state index >= 15 is 0 Å². The first-order chi connectivity index (χ1) is 7.72. The summed E-state index contributed by atoms with van der Waals surface area (Å²) >= 11 is 5.02. The Labute approximate surface area is 98.7 Å². The fourth-order valence-electron chi connectivity index (χ4n) is 1.40. The summed E-state index contributed by atoms with van der Waals surface area (Å²) < 4.78 is 2.09. The van der Waals surface area contributed by atoms with Crippen LogP contribution in [0.3, 0.4) is 0 Å². The second-order valence-corrected chi connectivity index (χ2v) is 3.81. The number of tetrazole rings is 1. The van der Waals surface area contributed by atoms with Crippen LogP contribution in [0, 0.1) is 4.77 Å². The maximum atomic E-state index is 5.02. The molecule has 6 heteroatoms. The molecule has 0 amide bonds. The number of aromatic nitrogens is 4. The highest BCUT2D eigenvalue weighted by atomic mass is 32.1. The van der Waals surface area contributed by atoms with Gasteiger partial charge in [0.05, 0.1) is 5.69 Å². The highest BCUT2D eigenvalue weighted by molar-refractivity contribution is 7.71.